The fourth-order valence-electron chi connectivity index (χ4n) is 2.29. The van der Waals surface area contributed by atoms with Crippen LogP contribution in [0.5, 0.6) is 0 Å². The lowest BCUT2D eigenvalue weighted by molar-refractivity contribution is 0.199. The summed E-state index contributed by atoms with van der Waals surface area (Å²) < 4.78 is 19.3. The van der Waals surface area contributed by atoms with Crippen molar-refractivity contribution in [3.63, 3.8) is 0 Å². The van der Waals surface area contributed by atoms with E-state index in [0.717, 1.165) is 12.1 Å². The minimum atomic E-state index is -0.215. The molecule has 0 atom stereocenters. The molecule has 1 aromatic carbocycles. The second kappa shape index (κ2) is 9.71. The first kappa shape index (κ1) is 17.9. The van der Waals surface area contributed by atoms with Crippen molar-refractivity contribution in [2.75, 3.05) is 38.3 Å². The molecule has 2 N–H and O–H groups in total. The van der Waals surface area contributed by atoms with Crippen molar-refractivity contribution in [2.24, 2.45) is 0 Å². The van der Waals surface area contributed by atoms with Crippen LogP contribution in [0.2, 0.25) is 0 Å². The highest BCUT2D eigenvalue weighted by molar-refractivity contribution is 5.55. The van der Waals surface area contributed by atoms with E-state index in [9.17, 15) is 4.39 Å². The third-order valence-corrected chi connectivity index (χ3v) is 3.34. The summed E-state index contributed by atoms with van der Waals surface area (Å²) in [6.07, 6.45) is 0.628. The number of benzene rings is 1. The first-order chi connectivity index (χ1) is 10.1. The highest BCUT2D eigenvalue weighted by Gasteiger charge is 2.18. The Labute approximate surface area is 126 Å². The van der Waals surface area contributed by atoms with Crippen LogP contribution in [0.1, 0.15) is 25.8 Å². The first-order valence-electron chi connectivity index (χ1n) is 7.46. The molecule has 0 aromatic heterocycles. The maximum Gasteiger partial charge on any atom is 0.146 e. The average Bonchev–Trinajstić information content (AvgIpc) is 2.45. The molecule has 0 saturated heterocycles. The van der Waals surface area contributed by atoms with Gasteiger partial charge in [-0.2, -0.15) is 0 Å². The summed E-state index contributed by atoms with van der Waals surface area (Å²) in [7, 11) is 1.66. The van der Waals surface area contributed by atoms with Crippen LogP contribution in [0.3, 0.4) is 0 Å². The summed E-state index contributed by atoms with van der Waals surface area (Å²) >= 11 is 0. The van der Waals surface area contributed by atoms with E-state index < -0.39 is 0 Å². The van der Waals surface area contributed by atoms with Gasteiger partial charge in [-0.15, -0.1) is 0 Å². The number of hydrogen-bond donors (Lipinski definition) is 2. The van der Waals surface area contributed by atoms with Crippen LogP contribution in [0.4, 0.5) is 10.1 Å². The predicted molar refractivity (Wildman–Crippen MR) is 84.2 cm³/mol. The molecule has 21 heavy (non-hydrogen) atoms. The van der Waals surface area contributed by atoms with E-state index in [1.807, 2.05) is 24.8 Å². The van der Waals surface area contributed by atoms with Gasteiger partial charge in [-0.05, 0) is 31.9 Å². The Morgan fingerprint density at radius 3 is 2.76 bits per heavy atom. The Morgan fingerprint density at radius 2 is 2.14 bits per heavy atom. The molecule has 0 aliphatic rings. The number of aliphatic hydroxyl groups excluding tert-OH is 1. The fraction of sp³-hybridized carbons (Fsp3) is 0.625. The molecule has 5 heteroatoms. The van der Waals surface area contributed by atoms with Crippen LogP contribution < -0.4 is 10.2 Å². The van der Waals surface area contributed by atoms with Crippen molar-refractivity contribution < 1.29 is 14.2 Å². The molecule has 0 unspecified atom stereocenters. The molecule has 0 spiro atoms. The number of nitrogens with one attached hydrogen (secondary N) is 1. The lowest BCUT2D eigenvalue weighted by Crippen LogP contribution is -2.34. The Bertz CT molecular complexity index is 413. The van der Waals surface area contributed by atoms with Crippen LogP contribution in [-0.4, -0.2) is 44.6 Å². The van der Waals surface area contributed by atoms with Crippen LogP contribution in [0.15, 0.2) is 18.2 Å². The number of rotatable bonds is 10. The molecule has 0 aliphatic carbocycles. The third kappa shape index (κ3) is 5.61. The maximum atomic E-state index is 14.3. The molecule has 1 aromatic rings. The van der Waals surface area contributed by atoms with Gasteiger partial charge in [0, 0.05) is 39.4 Å². The van der Waals surface area contributed by atoms with Gasteiger partial charge in [-0.3, -0.25) is 0 Å². The van der Waals surface area contributed by atoms with E-state index in [1.165, 1.54) is 6.07 Å². The molecule has 0 bridgehead atoms. The molecule has 0 fully saturated rings. The third-order valence-electron chi connectivity index (χ3n) is 3.34. The molecule has 0 aliphatic heterocycles. The van der Waals surface area contributed by atoms with Crippen molar-refractivity contribution in [1.29, 1.82) is 0 Å². The van der Waals surface area contributed by atoms with Crippen molar-refractivity contribution in [1.82, 2.24) is 5.32 Å². The highest BCUT2D eigenvalue weighted by atomic mass is 19.1. The van der Waals surface area contributed by atoms with E-state index in [0.29, 0.717) is 31.8 Å². The van der Waals surface area contributed by atoms with Crippen LogP contribution in [0, 0.1) is 5.82 Å². The minimum absolute atomic E-state index is 0.110. The van der Waals surface area contributed by atoms with Gasteiger partial charge in [0.05, 0.1) is 12.3 Å². The zero-order valence-electron chi connectivity index (χ0n) is 13.2. The molecule has 0 saturated carbocycles. The molecule has 120 valence electrons. The Morgan fingerprint density at radius 1 is 1.38 bits per heavy atom. The van der Waals surface area contributed by atoms with Gasteiger partial charge >= 0.3 is 0 Å². The van der Waals surface area contributed by atoms with Crippen LogP contribution in [-0.2, 0) is 11.3 Å². The van der Waals surface area contributed by atoms with Gasteiger partial charge in [0.1, 0.15) is 5.82 Å². The van der Waals surface area contributed by atoms with E-state index in [4.69, 9.17) is 9.84 Å². The van der Waals surface area contributed by atoms with Gasteiger partial charge in [0.15, 0.2) is 0 Å². The van der Waals surface area contributed by atoms with E-state index in [2.05, 4.69) is 5.32 Å². The summed E-state index contributed by atoms with van der Waals surface area (Å²) in [4.78, 5) is 2.01. The second-order valence-electron chi connectivity index (χ2n) is 5.28. The van der Waals surface area contributed by atoms with Gasteiger partial charge in [0.25, 0.3) is 0 Å². The van der Waals surface area contributed by atoms with Crippen molar-refractivity contribution in [3.8, 4) is 0 Å². The second-order valence-corrected chi connectivity index (χ2v) is 5.28. The standard InChI is InChI=1S/C16H27FN2O2/c1-13(2)19(9-5-10-20)16-14(6-4-7-15(16)17)12-18-8-11-21-3/h4,6-7,13,18,20H,5,8-12H2,1-3H3. The highest BCUT2D eigenvalue weighted by Crippen LogP contribution is 2.26. The molecule has 4 nitrogen and oxygen atoms in total. The monoisotopic (exact) mass is 298 g/mol. The topological polar surface area (TPSA) is 44.7 Å². The van der Waals surface area contributed by atoms with E-state index in [1.54, 1.807) is 13.2 Å². The lowest BCUT2D eigenvalue weighted by atomic mass is 10.1. The average molecular weight is 298 g/mol. The Balaban J connectivity index is 2.90. The van der Waals surface area contributed by atoms with Gasteiger partial charge in [0.2, 0.25) is 0 Å². The summed E-state index contributed by atoms with van der Waals surface area (Å²) in [5, 5.41) is 12.3. The summed E-state index contributed by atoms with van der Waals surface area (Å²) in [6.45, 7) is 6.77. The van der Waals surface area contributed by atoms with Gasteiger partial charge < -0.3 is 20.1 Å². The first-order valence-corrected chi connectivity index (χ1v) is 7.46. The number of hydrogen-bond acceptors (Lipinski definition) is 4. The molecule has 1 rings (SSSR count). The lowest BCUT2D eigenvalue weighted by Gasteiger charge is -2.31. The summed E-state index contributed by atoms with van der Waals surface area (Å²) in [5.41, 5.74) is 1.56. The van der Waals surface area contributed by atoms with Crippen molar-refractivity contribution in [3.05, 3.63) is 29.6 Å². The van der Waals surface area contributed by atoms with Crippen LogP contribution >= 0.6 is 0 Å². The molecular weight excluding hydrogens is 271 g/mol. The fourth-order valence-corrected chi connectivity index (χ4v) is 2.29. The van der Waals surface area contributed by atoms with Crippen molar-refractivity contribution in [2.45, 2.75) is 32.9 Å². The minimum Gasteiger partial charge on any atom is -0.396 e. The molecule has 0 amide bonds. The van der Waals surface area contributed by atoms with Crippen LogP contribution in [0.25, 0.3) is 0 Å². The smallest absolute Gasteiger partial charge is 0.146 e. The SMILES string of the molecule is COCCNCc1cccc(F)c1N(CCCO)C(C)C. The number of halogens is 1. The number of ether oxygens (including phenoxy) is 1. The van der Waals surface area contributed by atoms with Gasteiger partial charge in [-0.25, -0.2) is 4.39 Å². The van der Waals surface area contributed by atoms with E-state index in [-0.39, 0.29) is 18.5 Å². The number of nitrogens with zero attached hydrogens (tertiary/aromatic N) is 1. The normalized spacial score (nSPS) is 11.1. The predicted octanol–water partition coefficient (Wildman–Crippen LogP) is 2.16. The summed E-state index contributed by atoms with van der Waals surface area (Å²) in [5.74, 6) is -0.215. The number of methoxy groups -OCH3 is 1. The zero-order valence-corrected chi connectivity index (χ0v) is 13.2. The Hall–Kier alpha value is -1.17. The molecular formula is C16H27FN2O2. The quantitative estimate of drug-likeness (QED) is 0.650. The van der Waals surface area contributed by atoms with Crippen molar-refractivity contribution >= 4 is 5.69 Å². The molecule has 0 radical (unpaired) electrons. The Kier molecular flexibility index (Phi) is 8.27. The number of anilines is 1. The van der Waals surface area contributed by atoms with Gasteiger partial charge in [-0.1, -0.05) is 12.1 Å². The molecule has 0 heterocycles. The number of aliphatic hydroxyl groups is 1. The maximum absolute atomic E-state index is 14.3. The zero-order chi connectivity index (χ0) is 15.7. The number of para-hydroxylation sites is 1. The van der Waals surface area contributed by atoms with E-state index >= 15 is 0 Å². The largest absolute Gasteiger partial charge is 0.396 e. The summed E-state index contributed by atoms with van der Waals surface area (Å²) in [6, 6.07) is 5.33.